The van der Waals surface area contributed by atoms with Crippen LogP contribution in [0.3, 0.4) is 0 Å². The molecule has 1 aliphatic carbocycles. The van der Waals surface area contributed by atoms with Crippen LogP contribution in [0, 0.1) is 0 Å². The zero-order valence-electron chi connectivity index (χ0n) is 19.4. The normalized spacial score (nSPS) is 16.2. The Morgan fingerprint density at radius 1 is 1.21 bits per heavy atom. The van der Waals surface area contributed by atoms with Gasteiger partial charge in [-0.3, -0.25) is 19.0 Å². The molecule has 0 spiro atoms. The number of amides is 1. The fourth-order valence-electron chi connectivity index (χ4n) is 4.15. The first-order valence-electron chi connectivity index (χ1n) is 11.4. The Hall–Kier alpha value is -2.60. The SMILES string of the molecule is CS(=O)(=O)O.O=C(CCCN1CCOCC1)Nc1cccc(-c2n[nH]c(=O)c3c2CCCC3)c1. The van der Waals surface area contributed by atoms with Gasteiger partial charge in [0.05, 0.1) is 25.2 Å². The van der Waals surface area contributed by atoms with Crippen molar-refractivity contribution >= 4 is 21.7 Å². The van der Waals surface area contributed by atoms with E-state index in [1.165, 1.54) is 0 Å². The van der Waals surface area contributed by atoms with Gasteiger partial charge in [-0.25, -0.2) is 5.10 Å². The van der Waals surface area contributed by atoms with Crippen molar-refractivity contribution in [3.8, 4) is 11.3 Å². The fourth-order valence-corrected chi connectivity index (χ4v) is 4.15. The number of H-pyrrole nitrogens is 1. The second-order valence-electron chi connectivity index (χ2n) is 8.49. The molecule has 1 saturated heterocycles. The number of carbonyl (C=O) groups is 1. The molecule has 1 fully saturated rings. The average Bonchev–Trinajstić information content (AvgIpc) is 2.79. The number of anilines is 1. The summed E-state index contributed by atoms with van der Waals surface area (Å²) in [5.74, 6) is 0.0202. The Bertz CT molecular complexity index is 1130. The first kappa shape index (κ1) is 26.0. The van der Waals surface area contributed by atoms with Gasteiger partial charge in [0.2, 0.25) is 5.91 Å². The molecule has 34 heavy (non-hydrogen) atoms. The van der Waals surface area contributed by atoms with Gasteiger partial charge < -0.3 is 10.1 Å². The number of benzene rings is 1. The first-order valence-corrected chi connectivity index (χ1v) is 13.3. The van der Waals surface area contributed by atoms with Gasteiger partial charge in [-0.2, -0.15) is 13.5 Å². The van der Waals surface area contributed by atoms with Crippen LogP contribution in [0.2, 0.25) is 0 Å². The summed E-state index contributed by atoms with van der Waals surface area (Å²) in [5, 5.41) is 9.96. The van der Waals surface area contributed by atoms with Gasteiger partial charge in [0.25, 0.3) is 15.7 Å². The summed E-state index contributed by atoms with van der Waals surface area (Å²) in [6, 6.07) is 7.72. The smallest absolute Gasteiger partial charge is 0.267 e. The van der Waals surface area contributed by atoms with E-state index in [-0.39, 0.29) is 11.5 Å². The molecule has 2 aromatic rings. The number of rotatable bonds is 6. The lowest BCUT2D eigenvalue weighted by molar-refractivity contribution is -0.116. The maximum atomic E-state index is 12.4. The Labute approximate surface area is 199 Å². The third-order valence-electron chi connectivity index (χ3n) is 5.70. The average molecular weight is 493 g/mol. The number of ether oxygens (including phenoxy) is 1. The van der Waals surface area contributed by atoms with Crippen LogP contribution >= 0.6 is 0 Å². The van der Waals surface area contributed by atoms with E-state index in [1.54, 1.807) is 0 Å². The van der Waals surface area contributed by atoms with Crippen molar-refractivity contribution in [3.05, 3.63) is 45.7 Å². The van der Waals surface area contributed by atoms with Gasteiger partial charge in [0.15, 0.2) is 0 Å². The molecule has 2 aliphatic rings. The van der Waals surface area contributed by atoms with Crippen LogP contribution in [0.1, 0.15) is 36.8 Å². The van der Waals surface area contributed by atoms with Crippen LogP contribution in [-0.2, 0) is 32.5 Å². The second kappa shape index (κ2) is 12.2. The lowest BCUT2D eigenvalue weighted by atomic mass is 9.90. The van der Waals surface area contributed by atoms with Crippen LogP contribution in [0.5, 0.6) is 0 Å². The molecule has 0 saturated carbocycles. The van der Waals surface area contributed by atoms with Gasteiger partial charge in [-0.15, -0.1) is 0 Å². The summed E-state index contributed by atoms with van der Waals surface area (Å²) in [7, 11) is -3.67. The molecule has 1 aliphatic heterocycles. The molecule has 186 valence electrons. The summed E-state index contributed by atoms with van der Waals surface area (Å²) in [6.45, 7) is 4.37. The highest BCUT2D eigenvalue weighted by Gasteiger charge is 2.19. The monoisotopic (exact) mass is 492 g/mol. The molecule has 0 bridgehead atoms. The molecule has 3 N–H and O–H groups in total. The molecule has 1 amide bonds. The van der Waals surface area contributed by atoms with E-state index in [9.17, 15) is 18.0 Å². The molecule has 11 heteroatoms. The van der Waals surface area contributed by atoms with Crippen molar-refractivity contribution in [2.75, 3.05) is 44.4 Å². The maximum Gasteiger partial charge on any atom is 0.267 e. The van der Waals surface area contributed by atoms with Gasteiger partial charge in [0.1, 0.15) is 0 Å². The van der Waals surface area contributed by atoms with Crippen molar-refractivity contribution in [1.82, 2.24) is 15.1 Å². The Morgan fingerprint density at radius 3 is 2.59 bits per heavy atom. The van der Waals surface area contributed by atoms with Crippen molar-refractivity contribution in [2.24, 2.45) is 0 Å². The highest BCUT2D eigenvalue weighted by atomic mass is 32.2. The third-order valence-corrected chi connectivity index (χ3v) is 5.70. The van der Waals surface area contributed by atoms with Crippen LogP contribution in [-0.4, -0.2) is 73.1 Å². The van der Waals surface area contributed by atoms with Crippen molar-refractivity contribution in [3.63, 3.8) is 0 Å². The molecule has 0 atom stereocenters. The van der Waals surface area contributed by atoms with E-state index < -0.39 is 10.1 Å². The molecular weight excluding hydrogens is 460 g/mol. The molecule has 0 radical (unpaired) electrons. The van der Waals surface area contributed by atoms with E-state index in [0.29, 0.717) is 12.7 Å². The van der Waals surface area contributed by atoms with Crippen LogP contribution in [0.15, 0.2) is 29.1 Å². The van der Waals surface area contributed by atoms with E-state index in [4.69, 9.17) is 9.29 Å². The lowest BCUT2D eigenvalue weighted by Gasteiger charge is -2.26. The zero-order valence-corrected chi connectivity index (χ0v) is 20.2. The molecule has 1 aromatic carbocycles. The van der Waals surface area contributed by atoms with Crippen molar-refractivity contribution < 1.29 is 22.5 Å². The van der Waals surface area contributed by atoms with E-state index in [1.807, 2.05) is 24.3 Å². The fraction of sp³-hybridized carbons (Fsp3) is 0.522. The maximum absolute atomic E-state index is 12.4. The van der Waals surface area contributed by atoms with Gasteiger partial charge in [-0.1, -0.05) is 12.1 Å². The Kier molecular flexibility index (Phi) is 9.34. The Balaban J connectivity index is 0.000000588. The minimum Gasteiger partial charge on any atom is -0.379 e. The first-order chi connectivity index (χ1) is 16.2. The summed E-state index contributed by atoms with van der Waals surface area (Å²) in [5.41, 5.74) is 4.34. The number of fused-ring (bicyclic) bond motifs is 1. The van der Waals surface area contributed by atoms with Gasteiger partial charge in [-0.05, 0) is 56.3 Å². The van der Waals surface area contributed by atoms with E-state index >= 15 is 0 Å². The van der Waals surface area contributed by atoms with E-state index in [0.717, 1.165) is 93.0 Å². The predicted octanol–water partition coefficient (Wildman–Crippen LogP) is 1.87. The largest absolute Gasteiger partial charge is 0.379 e. The molecule has 10 nitrogen and oxygen atoms in total. The summed E-state index contributed by atoms with van der Waals surface area (Å²) in [6.07, 6.45) is 5.84. The van der Waals surface area contributed by atoms with Gasteiger partial charge in [0, 0.05) is 36.3 Å². The number of nitrogens with zero attached hydrogens (tertiary/aromatic N) is 2. The highest BCUT2D eigenvalue weighted by Crippen LogP contribution is 2.29. The van der Waals surface area contributed by atoms with Crippen LogP contribution in [0.25, 0.3) is 11.3 Å². The number of hydrogen-bond donors (Lipinski definition) is 3. The molecule has 1 aromatic heterocycles. The minimum absolute atomic E-state index is 0.0202. The summed E-state index contributed by atoms with van der Waals surface area (Å²) in [4.78, 5) is 26.8. The van der Waals surface area contributed by atoms with Crippen molar-refractivity contribution in [1.29, 1.82) is 0 Å². The molecule has 0 unspecified atom stereocenters. The zero-order chi connectivity index (χ0) is 24.6. The molecular formula is C23H32N4O6S. The third kappa shape index (κ3) is 8.32. The number of aromatic amines is 1. The molecule has 2 heterocycles. The Morgan fingerprint density at radius 2 is 1.88 bits per heavy atom. The lowest BCUT2D eigenvalue weighted by Crippen LogP contribution is -2.37. The van der Waals surface area contributed by atoms with Crippen LogP contribution in [0.4, 0.5) is 5.69 Å². The summed E-state index contributed by atoms with van der Waals surface area (Å²) < 4.78 is 31.2. The highest BCUT2D eigenvalue weighted by molar-refractivity contribution is 7.85. The predicted molar refractivity (Wildman–Crippen MR) is 130 cm³/mol. The number of aromatic nitrogens is 2. The standard InChI is InChI=1S/C22H28N4O3.CH4O3S/c27-20(9-4-10-26-11-13-29-14-12-26)23-17-6-3-5-16(15-17)21-18-7-1-2-8-19(18)22(28)25-24-21;1-5(2,3)4/h3,5-6,15H,1-2,4,7-14H2,(H,23,27)(H,25,28);1H3,(H,2,3,4). The molecule has 4 rings (SSSR count). The van der Waals surface area contributed by atoms with Crippen LogP contribution < -0.4 is 10.9 Å². The topological polar surface area (TPSA) is 142 Å². The quantitative estimate of drug-likeness (QED) is 0.519. The summed E-state index contributed by atoms with van der Waals surface area (Å²) >= 11 is 0. The van der Waals surface area contributed by atoms with Crippen molar-refractivity contribution in [2.45, 2.75) is 38.5 Å². The number of hydrogen-bond acceptors (Lipinski definition) is 7. The number of morpholine rings is 1. The number of nitrogens with one attached hydrogen (secondary N) is 2. The second-order valence-corrected chi connectivity index (χ2v) is 9.95. The van der Waals surface area contributed by atoms with E-state index in [2.05, 4.69) is 20.4 Å². The minimum atomic E-state index is -3.67. The van der Waals surface area contributed by atoms with Gasteiger partial charge >= 0.3 is 0 Å². The number of carbonyl (C=O) groups excluding carboxylic acids is 1.